The van der Waals surface area contributed by atoms with Crippen molar-refractivity contribution in [2.45, 2.75) is 24.3 Å². The number of pyridine rings is 1. The van der Waals surface area contributed by atoms with Crippen LogP contribution >= 0.6 is 11.8 Å². The fourth-order valence-corrected chi connectivity index (χ4v) is 3.06. The highest BCUT2D eigenvalue weighted by Crippen LogP contribution is 2.30. The van der Waals surface area contributed by atoms with Gasteiger partial charge in [0.25, 0.3) is 0 Å². The van der Waals surface area contributed by atoms with E-state index >= 15 is 0 Å². The smallest absolute Gasteiger partial charge is 0.197 e. The Labute approximate surface area is 150 Å². The van der Waals surface area contributed by atoms with Crippen molar-refractivity contribution in [3.63, 3.8) is 0 Å². The van der Waals surface area contributed by atoms with Gasteiger partial charge in [-0.1, -0.05) is 11.8 Å². The number of aromatic nitrogens is 4. The Morgan fingerprint density at radius 3 is 2.68 bits per heavy atom. The first-order valence-electron chi connectivity index (χ1n) is 7.88. The molecule has 126 valence electrons. The lowest BCUT2D eigenvalue weighted by Crippen LogP contribution is -2.02. The molecule has 0 fully saturated rings. The average Bonchev–Trinajstić information content (AvgIpc) is 3.06. The fraction of sp³-hybridized carbons (Fsp3) is 0.222. The van der Waals surface area contributed by atoms with Crippen molar-refractivity contribution in [2.75, 3.05) is 6.61 Å². The molecule has 6 nitrogen and oxygen atoms in total. The van der Waals surface area contributed by atoms with Gasteiger partial charge in [-0.05, 0) is 50.2 Å². The minimum Gasteiger partial charge on any atom is -0.494 e. The molecule has 0 bridgehead atoms. The zero-order valence-electron chi connectivity index (χ0n) is 14.0. The molecule has 0 N–H and O–H groups in total. The van der Waals surface area contributed by atoms with Crippen molar-refractivity contribution in [2.24, 2.45) is 0 Å². The third-order valence-corrected chi connectivity index (χ3v) is 4.36. The van der Waals surface area contributed by atoms with Gasteiger partial charge in [0.05, 0.1) is 17.9 Å². The topological polar surface area (TPSA) is 76.6 Å². The Balaban J connectivity index is 2.07. The number of hydrogen-bond donors (Lipinski definition) is 0. The van der Waals surface area contributed by atoms with Crippen molar-refractivity contribution in [1.29, 1.82) is 5.26 Å². The zero-order valence-corrected chi connectivity index (χ0v) is 14.8. The van der Waals surface area contributed by atoms with Crippen molar-refractivity contribution in [3.8, 4) is 28.9 Å². The lowest BCUT2D eigenvalue weighted by Gasteiger charge is -2.11. The predicted molar refractivity (Wildman–Crippen MR) is 96.7 cm³/mol. The van der Waals surface area contributed by atoms with Gasteiger partial charge in [-0.25, -0.2) is 0 Å². The van der Waals surface area contributed by atoms with Gasteiger partial charge in [0.15, 0.2) is 11.0 Å². The second-order valence-corrected chi connectivity index (χ2v) is 6.51. The van der Waals surface area contributed by atoms with E-state index in [2.05, 4.69) is 21.3 Å². The molecule has 0 aliphatic heterocycles. The van der Waals surface area contributed by atoms with E-state index in [4.69, 9.17) is 10.00 Å². The fourth-order valence-electron chi connectivity index (χ4n) is 2.30. The predicted octanol–water partition coefficient (Wildman–Crippen LogP) is 3.73. The van der Waals surface area contributed by atoms with Crippen LogP contribution in [-0.4, -0.2) is 31.6 Å². The van der Waals surface area contributed by atoms with Crippen LogP contribution in [-0.2, 0) is 0 Å². The van der Waals surface area contributed by atoms with Gasteiger partial charge in [-0.2, -0.15) is 5.26 Å². The summed E-state index contributed by atoms with van der Waals surface area (Å²) in [4.78, 5) is 4.16. The molecular weight excluding hydrogens is 334 g/mol. The second-order valence-electron chi connectivity index (χ2n) is 5.20. The summed E-state index contributed by atoms with van der Waals surface area (Å²) in [6.45, 7) is 4.41. The molecule has 0 aliphatic rings. The third kappa shape index (κ3) is 3.80. The largest absolute Gasteiger partial charge is 0.494 e. The summed E-state index contributed by atoms with van der Waals surface area (Å²) >= 11 is 1.37. The summed E-state index contributed by atoms with van der Waals surface area (Å²) in [5.41, 5.74) is 1.76. The monoisotopic (exact) mass is 351 g/mol. The molecule has 0 amide bonds. The number of nitrogens with zero attached hydrogens (tertiary/aromatic N) is 5. The lowest BCUT2D eigenvalue weighted by atomic mass is 10.2. The van der Waals surface area contributed by atoms with Crippen molar-refractivity contribution in [1.82, 2.24) is 19.7 Å². The van der Waals surface area contributed by atoms with Crippen LogP contribution in [0.3, 0.4) is 0 Å². The number of benzene rings is 1. The number of rotatable bonds is 6. The molecule has 2 aromatic heterocycles. The first-order valence-corrected chi connectivity index (χ1v) is 8.76. The van der Waals surface area contributed by atoms with Crippen LogP contribution in [0.15, 0.2) is 53.9 Å². The molecule has 0 saturated carbocycles. The Hall–Kier alpha value is -2.85. The Morgan fingerprint density at radius 1 is 1.24 bits per heavy atom. The first-order chi connectivity index (χ1) is 12.2. The van der Waals surface area contributed by atoms with Gasteiger partial charge >= 0.3 is 0 Å². The SMILES string of the molecule is CCOc1ccc(-n2c(SC(C)C#N)nnc2-c2cccnc2)cc1. The summed E-state index contributed by atoms with van der Waals surface area (Å²) in [7, 11) is 0. The molecule has 1 aromatic carbocycles. The van der Waals surface area contributed by atoms with Crippen LogP contribution in [0.2, 0.25) is 0 Å². The number of nitriles is 1. The van der Waals surface area contributed by atoms with Crippen LogP contribution in [0.25, 0.3) is 17.1 Å². The number of hydrogen-bond acceptors (Lipinski definition) is 6. The van der Waals surface area contributed by atoms with Gasteiger partial charge in [-0.3, -0.25) is 9.55 Å². The highest BCUT2D eigenvalue weighted by atomic mass is 32.2. The van der Waals surface area contributed by atoms with E-state index in [1.54, 1.807) is 12.4 Å². The van der Waals surface area contributed by atoms with E-state index in [9.17, 15) is 0 Å². The van der Waals surface area contributed by atoms with Crippen LogP contribution < -0.4 is 4.74 Å². The molecular formula is C18H17N5OS. The van der Waals surface area contributed by atoms with E-state index in [0.717, 1.165) is 17.0 Å². The van der Waals surface area contributed by atoms with Crippen LogP contribution in [0.5, 0.6) is 5.75 Å². The maximum Gasteiger partial charge on any atom is 0.197 e. The lowest BCUT2D eigenvalue weighted by molar-refractivity contribution is 0.340. The summed E-state index contributed by atoms with van der Waals surface area (Å²) in [6.07, 6.45) is 3.46. The molecule has 0 saturated heterocycles. The molecule has 3 rings (SSSR count). The molecule has 0 radical (unpaired) electrons. The standard InChI is InChI=1S/C18H17N5OS/c1-3-24-16-8-6-15(7-9-16)23-17(14-5-4-10-20-12-14)21-22-18(23)25-13(2)11-19/h4-10,12-13H,3H2,1-2H3. The van der Waals surface area contributed by atoms with Gasteiger partial charge in [0, 0.05) is 23.6 Å². The molecule has 1 unspecified atom stereocenters. The van der Waals surface area contributed by atoms with Gasteiger partial charge in [0.2, 0.25) is 0 Å². The van der Waals surface area contributed by atoms with Crippen LogP contribution in [0.4, 0.5) is 0 Å². The van der Waals surface area contributed by atoms with E-state index < -0.39 is 0 Å². The first kappa shape index (κ1) is 17.0. The van der Waals surface area contributed by atoms with E-state index in [1.165, 1.54) is 11.8 Å². The maximum atomic E-state index is 9.12. The minimum absolute atomic E-state index is 0.229. The molecule has 25 heavy (non-hydrogen) atoms. The minimum atomic E-state index is -0.229. The highest BCUT2D eigenvalue weighted by Gasteiger charge is 2.18. The zero-order chi connectivity index (χ0) is 17.6. The number of ether oxygens (including phenoxy) is 1. The Kier molecular flexibility index (Phi) is 5.31. The summed E-state index contributed by atoms with van der Waals surface area (Å²) < 4.78 is 7.44. The van der Waals surface area contributed by atoms with Crippen molar-refractivity contribution >= 4 is 11.8 Å². The molecule has 0 spiro atoms. The highest BCUT2D eigenvalue weighted by molar-refractivity contribution is 8.00. The summed E-state index contributed by atoms with van der Waals surface area (Å²) in [5, 5.41) is 18.2. The Morgan fingerprint density at radius 2 is 2.04 bits per heavy atom. The molecule has 2 heterocycles. The van der Waals surface area contributed by atoms with Gasteiger partial charge < -0.3 is 4.74 Å². The average molecular weight is 351 g/mol. The summed E-state index contributed by atoms with van der Waals surface area (Å²) in [5.74, 6) is 1.49. The van der Waals surface area contributed by atoms with Crippen molar-refractivity contribution < 1.29 is 4.74 Å². The quantitative estimate of drug-likeness (QED) is 0.630. The van der Waals surface area contributed by atoms with Gasteiger partial charge in [-0.15, -0.1) is 10.2 Å². The van der Waals surface area contributed by atoms with Gasteiger partial charge in [0.1, 0.15) is 5.75 Å². The number of thioether (sulfide) groups is 1. The third-order valence-electron chi connectivity index (χ3n) is 3.42. The molecule has 3 aromatic rings. The maximum absolute atomic E-state index is 9.12. The molecule has 7 heteroatoms. The second kappa shape index (κ2) is 7.81. The van der Waals surface area contributed by atoms with E-state index in [0.29, 0.717) is 17.6 Å². The van der Waals surface area contributed by atoms with E-state index in [-0.39, 0.29) is 5.25 Å². The van der Waals surface area contributed by atoms with E-state index in [1.807, 2.05) is 54.8 Å². The molecule has 1 atom stereocenters. The van der Waals surface area contributed by atoms with Crippen LogP contribution in [0, 0.1) is 11.3 Å². The van der Waals surface area contributed by atoms with Crippen molar-refractivity contribution in [3.05, 3.63) is 48.8 Å². The summed E-state index contributed by atoms with van der Waals surface area (Å²) in [6, 6.07) is 13.7. The van der Waals surface area contributed by atoms with Crippen LogP contribution in [0.1, 0.15) is 13.8 Å². The Bertz CT molecular complexity index is 871. The normalized spacial score (nSPS) is 11.7. The molecule has 0 aliphatic carbocycles.